The van der Waals surface area contributed by atoms with E-state index in [4.69, 9.17) is 15.9 Å². The summed E-state index contributed by atoms with van der Waals surface area (Å²) < 4.78 is 0. The van der Waals surface area contributed by atoms with Crippen molar-refractivity contribution in [1.29, 1.82) is 0 Å². The van der Waals surface area contributed by atoms with Gasteiger partial charge in [0.05, 0.1) is 12.5 Å². The molecule has 0 radical (unpaired) electrons. The van der Waals surface area contributed by atoms with Crippen LogP contribution in [-0.4, -0.2) is 86.0 Å². The van der Waals surface area contributed by atoms with E-state index in [1.807, 2.05) is 0 Å². The molecule has 15 heteroatoms. The van der Waals surface area contributed by atoms with Gasteiger partial charge in [0, 0.05) is 18.6 Å². The lowest BCUT2D eigenvalue weighted by molar-refractivity contribution is -0.142. The second-order valence-electron chi connectivity index (χ2n) is 7.71. The monoisotopic (exact) mass is 528 g/mol. The Morgan fingerprint density at radius 2 is 1.33 bits per heavy atom. The smallest absolute Gasteiger partial charge is 0.326 e. The first kappa shape index (κ1) is 30.2. The Bertz CT molecular complexity index is 972. The van der Waals surface area contributed by atoms with Crippen molar-refractivity contribution in [2.75, 3.05) is 5.75 Å². The van der Waals surface area contributed by atoms with Gasteiger partial charge in [-0.1, -0.05) is 12.1 Å². The fourth-order valence-electron chi connectivity index (χ4n) is 2.90. The van der Waals surface area contributed by atoms with Crippen LogP contribution < -0.4 is 21.7 Å². The summed E-state index contributed by atoms with van der Waals surface area (Å²) in [5, 5.41) is 43.2. The minimum absolute atomic E-state index is 0.0269. The highest BCUT2D eigenvalue weighted by molar-refractivity contribution is 7.80. The Kier molecular flexibility index (Phi) is 12.2. The molecule has 1 aromatic carbocycles. The number of thiol groups is 1. The van der Waals surface area contributed by atoms with Gasteiger partial charge in [0.1, 0.15) is 23.9 Å². The lowest BCUT2D eigenvalue weighted by atomic mass is 10.1. The molecule has 4 atom stereocenters. The molecule has 0 bridgehead atoms. The Labute approximate surface area is 210 Å². The quantitative estimate of drug-likeness (QED) is 0.113. The number of aromatic hydroxyl groups is 1. The molecule has 0 heterocycles. The van der Waals surface area contributed by atoms with E-state index in [0.29, 0.717) is 5.56 Å². The number of nitrogens with two attached hydrogens (primary N) is 1. The number of hydrogen-bond acceptors (Lipinski definition) is 9. The van der Waals surface area contributed by atoms with Gasteiger partial charge in [0.15, 0.2) is 0 Å². The molecule has 0 aromatic heterocycles. The number of carboxylic acids is 3. The lowest BCUT2D eigenvalue weighted by Crippen LogP contribution is -2.58. The zero-order valence-corrected chi connectivity index (χ0v) is 19.8. The predicted molar refractivity (Wildman–Crippen MR) is 126 cm³/mol. The van der Waals surface area contributed by atoms with Crippen molar-refractivity contribution in [3.63, 3.8) is 0 Å². The highest BCUT2D eigenvalue weighted by Crippen LogP contribution is 2.12. The second kappa shape index (κ2) is 14.5. The molecule has 14 nitrogen and oxygen atoms in total. The molecule has 0 aliphatic rings. The largest absolute Gasteiger partial charge is 0.508 e. The molecule has 0 fully saturated rings. The number of amides is 3. The summed E-state index contributed by atoms with van der Waals surface area (Å²) in [4.78, 5) is 70.8. The predicted octanol–water partition coefficient (Wildman–Crippen LogP) is -1.93. The van der Waals surface area contributed by atoms with Crippen molar-refractivity contribution in [3.8, 4) is 5.75 Å². The van der Waals surface area contributed by atoms with E-state index in [0.717, 1.165) is 0 Å². The average Bonchev–Trinajstić information content (AvgIpc) is 2.79. The van der Waals surface area contributed by atoms with Gasteiger partial charge in [0.25, 0.3) is 0 Å². The summed E-state index contributed by atoms with van der Waals surface area (Å²) in [5.74, 6) is -7.21. The third-order valence-corrected chi connectivity index (χ3v) is 5.18. The van der Waals surface area contributed by atoms with Crippen molar-refractivity contribution >= 4 is 48.3 Å². The third kappa shape index (κ3) is 10.6. The molecule has 1 rings (SSSR count). The Balaban J connectivity index is 2.91. The number of carbonyl (C=O) groups is 6. The molecule has 1 aromatic rings. The minimum atomic E-state index is -1.51. The molecule has 0 saturated heterocycles. The average molecular weight is 529 g/mol. The highest BCUT2D eigenvalue weighted by Gasteiger charge is 2.30. The van der Waals surface area contributed by atoms with Crippen molar-refractivity contribution in [1.82, 2.24) is 16.0 Å². The SMILES string of the molecule is NC(CC(=O)O)C(=O)NC(CCC(=O)O)C(=O)NC(CS)C(=O)NC(Cc1ccc(O)cc1)C(=O)O. The molecule has 0 aliphatic carbocycles. The van der Waals surface area contributed by atoms with E-state index in [1.54, 1.807) is 0 Å². The number of phenolic OH excluding ortho intramolecular Hbond substituents is 1. The molecule has 3 amide bonds. The van der Waals surface area contributed by atoms with Gasteiger partial charge in [0.2, 0.25) is 17.7 Å². The van der Waals surface area contributed by atoms with E-state index >= 15 is 0 Å². The Morgan fingerprint density at radius 3 is 1.83 bits per heavy atom. The number of nitrogens with one attached hydrogen (secondary N) is 3. The second-order valence-corrected chi connectivity index (χ2v) is 8.08. The number of phenols is 1. The fourth-order valence-corrected chi connectivity index (χ4v) is 3.16. The zero-order valence-electron chi connectivity index (χ0n) is 18.9. The van der Waals surface area contributed by atoms with Gasteiger partial charge < -0.3 is 42.1 Å². The molecule has 198 valence electrons. The van der Waals surface area contributed by atoms with Gasteiger partial charge in [-0.3, -0.25) is 24.0 Å². The first-order valence-corrected chi connectivity index (χ1v) is 11.2. The van der Waals surface area contributed by atoms with Crippen LogP contribution in [0.2, 0.25) is 0 Å². The maximum atomic E-state index is 12.7. The van der Waals surface area contributed by atoms with Gasteiger partial charge in [-0.25, -0.2) is 4.79 Å². The van der Waals surface area contributed by atoms with Crippen LogP contribution in [0.4, 0.5) is 0 Å². The number of benzene rings is 1. The molecule has 0 spiro atoms. The van der Waals surface area contributed by atoms with Crippen molar-refractivity contribution in [2.45, 2.75) is 49.9 Å². The van der Waals surface area contributed by atoms with Crippen LogP contribution in [0.3, 0.4) is 0 Å². The number of rotatable bonds is 15. The molecule has 0 saturated carbocycles. The van der Waals surface area contributed by atoms with E-state index in [9.17, 15) is 39.0 Å². The Morgan fingerprint density at radius 1 is 0.806 bits per heavy atom. The van der Waals surface area contributed by atoms with Gasteiger partial charge in [-0.2, -0.15) is 12.6 Å². The van der Waals surface area contributed by atoms with Crippen LogP contribution in [0.1, 0.15) is 24.8 Å². The lowest BCUT2D eigenvalue weighted by Gasteiger charge is -2.24. The van der Waals surface area contributed by atoms with E-state index in [1.165, 1.54) is 24.3 Å². The summed E-state index contributed by atoms with van der Waals surface area (Å²) >= 11 is 3.99. The minimum Gasteiger partial charge on any atom is -0.508 e. The molecule has 9 N–H and O–H groups in total. The van der Waals surface area contributed by atoms with E-state index < -0.39 is 79.1 Å². The summed E-state index contributed by atoms with van der Waals surface area (Å²) in [7, 11) is 0. The third-order valence-electron chi connectivity index (χ3n) is 4.82. The van der Waals surface area contributed by atoms with Gasteiger partial charge >= 0.3 is 17.9 Å². The highest BCUT2D eigenvalue weighted by atomic mass is 32.1. The number of hydrogen-bond donors (Lipinski definition) is 9. The maximum absolute atomic E-state index is 12.7. The first-order chi connectivity index (χ1) is 16.8. The van der Waals surface area contributed by atoms with E-state index in [-0.39, 0.29) is 17.9 Å². The fraction of sp³-hybridized carbons (Fsp3) is 0.429. The van der Waals surface area contributed by atoms with E-state index in [2.05, 4.69) is 28.6 Å². The number of aliphatic carboxylic acids is 3. The maximum Gasteiger partial charge on any atom is 0.326 e. The van der Waals surface area contributed by atoms with Crippen LogP contribution in [-0.2, 0) is 35.2 Å². The molecular weight excluding hydrogens is 500 g/mol. The first-order valence-electron chi connectivity index (χ1n) is 10.6. The van der Waals surface area contributed by atoms with Crippen LogP contribution in [0.5, 0.6) is 5.75 Å². The summed E-state index contributed by atoms with van der Waals surface area (Å²) in [6, 6.07) is -0.0993. The van der Waals surface area contributed by atoms with Gasteiger partial charge in [-0.05, 0) is 24.1 Å². The van der Waals surface area contributed by atoms with Crippen molar-refractivity contribution in [2.24, 2.45) is 5.73 Å². The van der Waals surface area contributed by atoms with Gasteiger partial charge in [-0.15, -0.1) is 0 Å². The normalized spacial score (nSPS) is 13.9. The molecule has 36 heavy (non-hydrogen) atoms. The van der Waals surface area contributed by atoms with Crippen LogP contribution in [0, 0.1) is 0 Å². The molecule has 4 unspecified atom stereocenters. The molecular formula is C21H28N4O10S. The van der Waals surface area contributed by atoms with Crippen LogP contribution >= 0.6 is 12.6 Å². The van der Waals surface area contributed by atoms with Crippen LogP contribution in [0.25, 0.3) is 0 Å². The molecule has 0 aliphatic heterocycles. The summed E-state index contributed by atoms with van der Waals surface area (Å²) in [5.41, 5.74) is 5.97. The zero-order chi connectivity index (χ0) is 27.4. The number of carboxylic acid groups (broad SMARTS) is 3. The number of carbonyl (C=O) groups excluding carboxylic acids is 3. The summed E-state index contributed by atoms with van der Waals surface area (Å²) in [6.45, 7) is 0. The van der Waals surface area contributed by atoms with Crippen molar-refractivity contribution < 1.29 is 49.2 Å². The topological polar surface area (TPSA) is 245 Å². The van der Waals surface area contributed by atoms with Crippen molar-refractivity contribution in [3.05, 3.63) is 29.8 Å². The Hall–Kier alpha value is -3.85. The van der Waals surface area contributed by atoms with Crippen LogP contribution in [0.15, 0.2) is 24.3 Å². The standard InChI is InChI=1S/C21H28N4O10S/c22-12(8-17(29)30)18(31)23-13(5-6-16(27)28)19(32)25-15(9-36)20(33)24-14(21(34)35)7-10-1-3-11(26)4-2-10/h1-4,12-15,26,36H,5-9,22H2,(H,23,31)(H,24,33)(H,25,32)(H,27,28)(H,29,30)(H,34,35). The summed E-state index contributed by atoms with van der Waals surface area (Å²) in [6.07, 6.45) is -1.81.